The highest BCUT2D eigenvalue weighted by Crippen LogP contribution is 2.31. The van der Waals surface area contributed by atoms with Gasteiger partial charge < -0.3 is 21.5 Å². The summed E-state index contributed by atoms with van der Waals surface area (Å²) in [5.41, 5.74) is 12.6. The first-order chi connectivity index (χ1) is 11.5. The lowest BCUT2D eigenvalue weighted by molar-refractivity contribution is -0.160. The van der Waals surface area contributed by atoms with E-state index in [2.05, 4.69) is 11.9 Å². The van der Waals surface area contributed by atoms with Crippen LogP contribution in [-0.4, -0.2) is 36.4 Å². The number of hydrogen-bond donors (Lipinski definition) is 4. The lowest BCUT2D eigenvalue weighted by atomic mass is 9.84. The predicted octanol–water partition coefficient (Wildman–Crippen LogP) is 0.389. The molecule has 2 rings (SSSR count). The molecule has 1 heterocycles. The van der Waals surface area contributed by atoms with Gasteiger partial charge in [-0.05, 0) is 18.4 Å². The summed E-state index contributed by atoms with van der Waals surface area (Å²) in [6.45, 7) is 3.99. The van der Waals surface area contributed by atoms with Crippen LogP contribution in [0.2, 0.25) is 0 Å². The maximum absolute atomic E-state index is 12.2. The summed E-state index contributed by atoms with van der Waals surface area (Å²) in [5, 5.41) is 10.4. The summed E-state index contributed by atoms with van der Waals surface area (Å²) in [6, 6.07) is 6.22. The number of amides is 1. The highest BCUT2D eigenvalue weighted by molar-refractivity contribution is 5.97. The Morgan fingerprint density at radius 1 is 1.50 bits per heavy atom. The highest BCUT2D eigenvalue weighted by Gasteiger charge is 2.38. The van der Waals surface area contributed by atoms with Crippen LogP contribution in [0.1, 0.15) is 29.9 Å². The average molecular weight is 330 g/mol. The fourth-order valence-corrected chi connectivity index (χ4v) is 2.79. The minimum Gasteiger partial charge on any atom is -0.450 e. The molecule has 1 saturated heterocycles. The lowest BCUT2D eigenvalue weighted by Crippen LogP contribution is -2.49. The molecule has 1 aliphatic rings. The molecule has 3 unspecified atom stereocenters. The van der Waals surface area contributed by atoms with E-state index < -0.39 is 18.1 Å². The molecule has 3 atom stereocenters. The van der Waals surface area contributed by atoms with E-state index in [4.69, 9.17) is 21.6 Å². The molecule has 0 saturated carbocycles. The Morgan fingerprint density at radius 3 is 2.88 bits per heavy atom. The molecule has 128 valence electrons. The van der Waals surface area contributed by atoms with Crippen molar-refractivity contribution in [3.05, 3.63) is 48.0 Å². The van der Waals surface area contributed by atoms with Crippen LogP contribution < -0.4 is 16.8 Å². The van der Waals surface area contributed by atoms with E-state index in [0.29, 0.717) is 18.5 Å². The molecule has 7 nitrogen and oxygen atoms in total. The second-order valence-electron chi connectivity index (χ2n) is 5.68. The summed E-state index contributed by atoms with van der Waals surface area (Å²) in [6.07, 6.45) is 1.37. The predicted molar refractivity (Wildman–Crippen MR) is 90.5 cm³/mol. The van der Waals surface area contributed by atoms with Crippen LogP contribution in [-0.2, 0) is 14.3 Å². The largest absolute Gasteiger partial charge is 0.450 e. The van der Waals surface area contributed by atoms with Gasteiger partial charge in [-0.3, -0.25) is 15.0 Å². The molecule has 1 aromatic carbocycles. The summed E-state index contributed by atoms with van der Waals surface area (Å²) < 4.78 is 5.38. The fraction of sp³-hybridized carbons (Fsp3) is 0.353. The van der Waals surface area contributed by atoms with Crippen LogP contribution in [0.25, 0.3) is 0 Å². The molecule has 1 fully saturated rings. The zero-order chi connectivity index (χ0) is 17.7. The van der Waals surface area contributed by atoms with Gasteiger partial charge in [0, 0.05) is 18.0 Å². The van der Waals surface area contributed by atoms with Crippen molar-refractivity contribution < 1.29 is 14.3 Å². The maximum atomic E-state index is 12.2. The Labute approximate surface area is 140 Å². The van der Waals surface area contributed by atoms with Gasteiger partial charge in [0.25, 0.3) is 5.91 Å². The van der Waals surface area contributed by atoms with Crippen LogP contribution in [0.5, 0.6) is 0 Å². The minimum atomic E-state index is -0.998. The zero-order valence-corrected chi connectivity index (χ0v) is 13.3. The lowest BCUT2D eigenvalue weighted by Gasteiger charge is -2.32. The van der Waals surface area contributed by atoms with Gasteiger partial charge in [-0.25, -0.2) is 0 Å². The van der Waals surface area contributed by atoms with Gasteiger partial charge in [0.05, 0.1) is 0 Å². The van der Waals surface area contributed by atoms with Gasteiger partial charge in [-0.15, -0.1) is 6.58 Å². The zero-order valence-electron chi connectivity index (χ0n) is 13.3. The summed E-state index contributed by atoms with van der Waals surface area (Å²) in [4.78, 5) is 24.3. The van der Waals surface area contributed by atoms with Crippen molar-refractivity contribution in [1.82, 2.24) is 5.32 Å². The first kappa shape index (κ1) is 17.7. The number of esters is 1. The number of piperidine rings is 1. The second-order valence-corrected chi connectivity index (χ2v) is 5.68. The quantitative estimate of drug-likeness (QED) is 0.259. The molecule has 0 aromatic heterocycles. The normalized spacial score (nSPS) is 21.5. The van der Waals surface area contributed by atoms with Gasteiger partial charge in [0.2, 0.25) is 0 Å². The molecule has 6 N–H and O–H groups in total. The van der Waals surface area contributed by atoms with E-state index in [1.165, 1.54) is 6.08 Å². The van der Waals surface area contributed by atoms with Crippen molar-refractivity contribution in [3.8, 4) is 0 Å². The van der Waals surface area contributed by atoms with E-state index >= 15 is 0 Å². The molecule has 1 aliphatic heterocycles. The Bertz CT molecular complexity index is 659. The molecule has 24 heavy (non-hydrogen) atoms. The Kier molecular flexibility index (Phi) is 5.70. The van der Waals surface area contributed by atoms with Crippen molar-refractivity contribution in [2.45, 2.75) is 30.9 Å². The first-order valence-electron chi connectivity index (χ1n) is 7.73. The molecule has 0 bridgehead atoms. The number of hydrogen-bond acceptors (Lipinski definition) is 5. The fourth-order valence-electron chi connectivity index (χ4n) is 2.79. The number of carbonyl (C=O) groups is 2. The number of benzene rings is 1. The summed E-state index contributed by atoms with van der Waals surface area (Å²) in [7, 11) is 0. The van der Waals surface area contributed by atoms with E-state index in [-0.39, 0.29) is 24.1 Å². The SMILES string of the molecule is C=CCC(N)C(=O)OC1C(=O)NCCC1c1ccccc1C(=N)N. The number of amidine groups is 1. The highest BCUT2D eigenvalue weighted by atomic mass is 16.5. The molecular weight excluding hydrogens is 308 g/mol. The van der Waals surface area contributed by atoms with Gasteiger partial charge in [0.15, 0.2) is 6.10 Å². The topological polar surface area (TPSA) is 131 Å². The van der Waals surface area contributed by atoms with Crippen LogP contribution in [0, 0.1) is 5.41 Å². The third-order valence-electron chi connectivity index (χ3n) is 4.00. The van der Waals surface area contributed by atoms with Crippen LogP contribution >= 0.6 is 0 Å². The Morgan fingerprint density at radius 2 is 2.21 bits per heavy atom. The van der Waals surface area contributed by atoms with Crippen molar-refractivity contribution in [3.63, 3.8) is 0 Å². The molecular formula is C17H22N4O3. The number of rotatable bonds is 6. The molecule has 0 spiro atoms. The van der Waals surface area contributed by atoms with Crippen molar-refractivity contribution in [1.29, 1.82) is 5.41 Å². The monoisotopic (exact) mass is 330 g/mol. The van der Waals surface area contributed by atoms with Gasteiger partial charge in [-0.2, -0.15) is 0 Å². The van der Waals surface area contributed by atoms with E-state index in [0.717, 1.165) is 5.56 Å². The molecule has 0 radical (unpaired) electrons. The Hall–Kier alpha value is -2.67. The third-order valence-corrected chi connectivity index (χ3v) is 4.00. The summed E-state index contributed by atoms with van der Waals surface area (Å²) in [5.74, 6) is -1.49. The smallest absolute Gasteiger partial charge is 0.324 e. The number of nitrogens with one attached hydrogen (secondary N) is 2. The molecule has 0 aliphatic carbocycles. The van der Waals surface area contributed by atoms with Crippen LogP contribution in [0.4, 0.5) is 0 Å². The third kappa shape index (κ3) is 3.80. The van der Waals surface area contributed by atoms with Crippen LogP contribution in [0.3, 0.4) is 0 Å². The first-order valence-corrected chi connectivity index (χ1v) is 7.73. The van der Waals surface area contributed by atoms with E-state index in [1.54, 1.807) is 24.3 Å². The number of carbonyl (C=O) groups excluding carboxylic acids is 2. The summed E-state index contributed by atoms with van der Waals surface area (Å²) >= 11 is 0. The molecule has 1 aromatic rings. The Balaban J connectivity index is 2.30. The average Bonchev–Trinajstić information content (AvgIpc) is 2.56. The van der Waals surface area contributed by atoms with Gasteiger partial charge in [0.1, 0.15) is 11.9 Å². The molecule has 7 heteroatoms. The number of nitrogen functional groups attached to an aromatic ring is 1. The number of nitrogens with two attached hydrogens (primary N) is 2. The van der Waals surface area contributed by atoms with Gasteiger partial charge >= 0.3 is 5.97 Å². The number of ether oxygens (including phenoxy) is 1. The van der Waals surface area contributed by atoms with Crippen molar-refractivity contribution >= 4 is 17.7 Å². The maximum Gasteiger partial charge on any atom is 0.324 e. The minimum absolute atomic E-state index is 0.0926. The molecule has 1 amide bonds. The van der Waals surface area contributed by atoms with Gasteiger partial charge in [-0.1, -0.05) is 30.3 Å². The van der Waals surface area contributed by atoms with E-state index in [9.17, 15) is 9.59 Å². The van der Waals surface area contributed by atoms with Crippen LogP contribution in [0.15, 0.2) is 36.9 Å². The standard InChI is InChI=1S/C17H22N4O3/c1-2-5-13(18)17(23)24-14-11(8-9-21-16(14)22)10-6-3-4-7-12(10)15(19)20/h2-4,6-7,11,13-14H,1,5,8-9,18H2,(H3,19,20)(H,21,22). The van der Waals surface area contributed by atoms with Crippen molar-refractivity contribution in [2.24, 2.45) is 11.5 Å². The van der Waals surface area contributed by atoms with Crippen molar-refractivity contribution in [2.75, 3.05) is 6.54 Å². The second kappa shape index (κ2) is 7.74. The van der Waals surface area contributed by atoms with E-state index in [1.807, 2.05) is 0 Å².